The van der Waals surface area contributed by atoms with Crippen LogP contribution in [0.25, 0.3) is 0 Å². The molecular formula is C17H16Cl2N2O3S. The summed E-state index contributed by atoms with van der Waals surface area (Å²) in [7, 11) is -3.60. The minimum absolute atomic E-state index is 0.00882. The van der Waals surface area contributed by atoms with Gasteiger partial charge in [0, 0.05) is 28.2 Å². The van der Waals surface area contributed by atoms with Crippen LogP contribution in [0.3, 0.4) is 0 Å². The molecule has 1 aliphatic rings. The first kappa shape index (κ1) is 18.2. The summed E-state index contributed by atoms with van der Waals surface area (Å²) in [5, 5.41) is 3.70. The molecule has 0 aromatic heterocycles. The number of hydrogen-bond acceptors (Lipinski definition) is 3. The molecule has 25 heavy (non-hydrogen) atoms. The molecule has 1 fully saturated rings. The van der Waals surface area contributed by atoms with Crippen molar-refractivity contribution in [3.8, 4) is 0 Å². The van der Waals surface area contributed by atoms with Crippen LogP contribution in [0.5, 0.6) is 0 Å². The summed E-state index contributed by atoms with van der Waals surface area (Å²) < 4.78 is 27.1. The largest absolute Gasteiger partial charge is 0.348 e. The van der Waals surface area contributed by atoms with Crippen molar-refractivity contribution in [1.82, 2.24) is 10.0 Å². The summed E-state index contributed by atoms with van der Waals surface area (Å²) in [6, 6.07) is 11.0. The summed E-state index contributed by atoms with van der Waals surface area (Å²) in [5.74, 6) is -0.380. The molecule has 2 aromatic carbocycles. The van der Waals surface area contributed by atoms with Crippen LogP contribution >= 0.6 is 23.2 Å². The van der Waals surface area contributed by atoms with Gasteiger partial charge in [-0.1, -0.05) is 35.3 Å². The molecule has 2 aromatic rings. The molecule has 3 rings (SSSR count). The second-order valence-electron chi connectivity index (χ2n) is 5.84. The van der Waals surface area contributed by atoms with Crippen LogP contribution in [0.2, 0.25) is 10.0 Å². The third-order valence-electron chi connectivity index (χ3n) is 3.76. The lowest BCUT2D eigenvalue weighted by Gasteiger charge is -2.09. The lowest BCUT2D eigenvalue weighted by atomic mass is 10.2. The highest BCUT2D eigenvalue weighted by molar-refractivity contribution is 7.89. The number of halogens is 2. The van der Waals surface area contributed by atoms with E-state index in [1.54, 1.807) is 30.3 Å². The molecule has 5 nitrogen and oxygen atoms in total. The van der Waals surface area contributed by atoms with E-state index >= 15 is 0 Å². The Hall–Kier alpha value is -1.60. The molecule has 0 heterocycles. The zero-order valence-corrected chi connectivity index (χ0v) is 15.5. The highest BCUT2D eigenvalue weighted by Gasteiger charge is 2.28. The number of sulfonamides is 1. The van der Waals surface area contributed by atoms with Crippen molar-refractivity contribution < 1.29 is 13.2 Å². The number of amides is 1. The second kappa shape index (κ2) is 7.33. The number of carbonyl (C=O) groups excluding carboxylic acids is 1. The monoisotopic (exact) mass is 398 g/mol. The Morgan fingerprint density at radius 2 is 1.88 bits per heavy atom. The van der Waals surface area contributed by atoms with Gasteiger partial charge in [-0.15, -0.1) is 0 Å². The van der Waals surface area contributed by atoms with Crippen molar-refractivity contribution >= 4 is 39.1 Å². The molecule has 0 unspecified atom stereocenters. The highest BCUT2D eigenvalue weighted by atomic mass is 35.5. The fourth-order valence-corrected chi connectivity index (χ4v) is 4.06. The molecule has 8 heteroatoms. The maximum absolute atomic E-state index is 12.3. The third kappa shape index (κ3) is 4.73. The van der Waals surface area contributed by atoms with Gasteiger partial charge in [0.1, 0.15) is 0 Å². The van der Waals surface area contributed by atoms with Gasteiger partial charge >= 0.3 is 0 Å². The Morgan fingerprint density at radius 1 is 1.12 bits per heavy atom. The average Bonchev–Trinajstić information content (AvgIpc) is 3.37. The number of hydrogen-bond donors (Lipinski definition) is 2. The van der Waals surface area contributed by atoms with Crippen molar-refractivity contribution in [1.29, 1.82) is 0 Å². The van der Waals surface area contributed by atoms with Crippen molar-refractivity contribution in [3.63, 3.8) is 0 Å². The Balaban J connectivity index is 1.70. The van der Waals surface area contributed by atoms with Gasteiger partial charge in [0.05, 0.1) is 4.90 Å². The number of rotatable bonds is 6. The van der Waals surface area contributed by atoms with Gasteiger partial charge in [0.2, 0.25) is 10.0 Å². The van der Waals surface area contributed by atoms with Crippen molar-refractivity contribution in [2.75, 3.05) is 0 Å². The van der Waals surface area contributed by atoms with Gasteiger partial charge < -0.3 is 5.32 Å². The molecule has 1 saturated carbocycles. The van der Waals surface area contributed by atoms with Crippen LogP contribution in [0.1, 0.15) is 28.8 Å². The third-order valence-corrected chi connectivity index (χ3v) is 5.87. The quantitative estimate of drug-likeness (QED) is 0.782. The first-order valence-corrected chi connectivity index (χ1v) is 9.93. The lowest BCUT2D eigenvalue weighted by Crippen LogP contribution is -2.27. The maximum Gasteiger partial charge on any atom is 0.251 e. The van der Waals surface area contributed by atoms with E-state index in [1.165, 1.54) is 12.1 Å². The van der Waals surface area contributed by atoms with Crippen LogP contribution < -0.4 is 10.0 Å². The highest BCUT2D eigenvalue weighted by Crippen LogP contribution is 2.23. The van der Waals surface area contributed by atoms with E-state index in [1.807, 2.05) is 0 Å². The molecule has 1 aliphatic carbocycles. The molecule has 132 valence electrons. The summed E-state index contributed by atoms with van der Waals surface area (Å²) >= 11 is 11.9. The normalized spacial score (nSPS) is 14.3. The van der Waals surface area contributed by atoms with E-state index in [4.69, 9.17) is 23.2 Å². The standard InChI is InChI=1S/C17H16Cl2N2O3S/c18-13-5-4-12(16(19)9-13)10-20-17(22)11-2-1-3-15(8-11)25(23,24)21-14-6-7-14/h1-5,8-9,14,21H,6-7,10H2,(H,20,22). The van der Waals surface area contributed by atoms with Gasteiger partial charge in [-0.3, -0.25) is 4.79 Å². The zero-order valence-electron chi connectivity index (χ0n) is 13.1. The number of benzene rings is 2. The van der Waals surface area contributed by atoms with Crippen LogP contribution in [0.4, 0.5) is 0 Å². The lowest BCUT2D eigenvalue weighted by molar-refractivity contribution is 0.0950. The molecular weight excluding hydrogens is 383 g/mol. The molecule has 2 N–H and O–H groups in total. The topological polar surface area (TPSA) is 75.3 Å². The Morgan fingerprint density at radius 3 is 2.56 bits per heavy atom. The predicted molar refractivity (Wildman–Crippen MR) is 97.4 cm³/mol. The van der Waals surface area contributed by atoms with Crippen molar-refractivity contribution in [2.24, 2.45) is 0 Å². The Kier molecular flexibility index (Phi) is 5.34. The van der Waals surface area contributed by atoms with Crippen molar-refractivity contribution in [2.45, 2.75) is 30.3 Å². The summed E-state index contributed by atoms with van der Waals surface area (Å²) in [4.78, 5) is 12.4. The first-order chi connectivity index (χ1) is 11.8. The predicted octanol–water partition coefficient (Wildman–Crippen LogP) is 3.36. The molecule has 0 bridgehead atoms. The van der Waals surface area contributed by atoms with Gasteiger partial charge in [-0.2, -0.15) is 0 Å². The van der Waals surface area contributed by atoms with Gasteiger partial charge in [0.25, 0.3) is 5.91 Å². The molecule has 1 amide bonds. The van der Waals surface area contributed by atoms with Gasteiger partial charge in [0.15, 0.2) is 0 Å². The summed E-state index contributed by atoms with van der Waals surface area (Å²) in [5.41, 5.74) is 0.988. The summed E-state index contributed by atoms with van der Waals surface area (Å²) in [6.07, 6.45) is 1.70. The van der Waals surface area contributed by atoms with Gasteiger partial charge in [-0.25, -0.2) is 13.1 Å². The summed E-state index contributed by atoms with van der Waals surface area (Å²) in [6.45, 7) is 0.214. The van der Waals surface area contributed by atoms with E-state index in [0.29, 0.717) is 10.0 Å². The number of nitrogens with one attached hydrogen (secondary N) is 2. The first-order valence-electron chi connectivity index (χ1n) is 7.70. The van der Waals surface area contributed by atoms with E-state index in [0.717, 1.165) is 18.4 Å². The van der Waals surface area contributed by atoms with Crippen LogP contribution in [-0.2, 0) is 16.6 Å². The molecule has 0 saturated heterocycles. The average molecular weight is 399 g/mol. The molecule has 0 atom stereocenters. The van der Waals surface area contributed by atoms with Crippen molar-refractivity contribution in [3.05, 3.63) is 63.6 Å². The minimum Gasteiger partial charge on any atom is -0.348 e. The molecule has 0 aliphatic heterocycles. The van der Waals surface area contributed by atoms with E-state index in [-0.39, 0.29) is 29.0 Å². The Bertz CT molecular complexity index is 912. The van der Waals surface area contributed by atoms with E-state index in [9.17, 15) is 13.2 Å². The van der Waals surface area contributed by atoms with Crippen LogP contribution in [0.15, 0.2) is 47.4 Å². The fraction of sp³-hybridized carbons (Fsp3) is 0.235. The minimum atomic E-state index is -3.60. The Labute approximate surface area is 156 Å². The smallest absolute Gasteiger partial charge is 0.251 e. The SMILES string of the molecule is O=C(NCc1ccc(Cl)cc1Cl)c1cccc(S(=O)(=O)NC2CC2)c1. The molecule has 0 spiro atoms. The van der Waals surface area contributed by atoms with E-state index in [2.05, 4.69) is 10.0 Å². The second-order valence-corrected chi connectivity index (χ2v) is 8.40. The fourth-order valence-electron chi connectivity index (χ4n) is 2.24. The zero-order chi connectivity index (χ0) is 18.0. The van der Waals surface area contributed by atoms with E-state index < -0.39 is 10.0 Å². The number of carbonyl (C=O) groups is 1. The van der Waals surface area contributed by atoms with Crippen LogP contribution in [0, 0.1) is 0 Å². The maximum atomic E-state index is 12.3. The van der Waals surface area contributed by atoms with Gasteiger partial charge in [-0.05, 0) is 48.7 Å². The van der Waals surface area contributed by atoms with Crippen LogP contribution in [-0.4, -0.2) is 20.4 Å². The molecule has 0 radical (unpaired) electrons.